The molecule has 0 bridgehead atoms. The number of benzene rings is 3. The SMILES string of the molecule is NCc1cccc(NC(C(=O)Nc2ccc(N3CCC/C3=N/O)c(Cl)c2)c2ccccc2F)c1. The standard InChI is InChI=1S/C25H25ClFN5O2/c26-20-14-18(10-11-22(20)32-12-4-9-23(32)31-34)30-25(33)24(19-7-1-2-8-21(19)27)29-17-6-3-5-16(13-17)15-28/h1-3,5-8,10-11,13-14,24,29,34H,4,9,12,15,28H2,(H,30,33)/b31-23-. The number of anilines is 3. The van der Waals surface area contributed by atoms with Crippen molar-refractivity contribution in [1.29, 1.82) is 0 Å². The maximum atomic E-state index is 14.6. The Balaban J connectivity index is 1.59. The molecule has 3 aromatic carbocycles. The maximum Gasteiger partial charge on any atom is 0.251 e. The zero-order valence-corrected chi connectivity index (χ0v) is 19.1. The lowest BCUT2D eigenvalue weighted by Crippen LogP contribution is -2.28. The molecule has 9 heteroatoms. The monoisotopic (exact) mass is 481 g/mol. The van der Waals surface area contributed by atoms with Gasteiger partial charge in [-0.15, -0.1) is 0 Å². The van der Waals surface area contributed by atoms with E-state index in [1.54, 1.807) is 42.5 Å². The summed E-state index contributed by atoms with van der Waals surface area (Å²) in [5.41, 5.74) is 8.61. The molecule has 0 radical (unpaired) electrons. The van der Waals surface area contributed by atoms with Crippen LogP contribution < -0.4 is 21.3 Å². The van der Waals surface area contributed by atoms with E-state index in [0.29, 0.717) is 47.4 Å². The summed E-state index contributed by atoms with van der Waals surface area (Å²) in [4.78, 5) is 15.1. The molecule has 1 atom stereocenters. The molecule has 3 aromatic rings. The number of nitrogens with two attached hydrogens (primary N) is 1. The first-order valence-electron chi connectivity index (χ1n) is 10.9. The van der Waals surface area contributed by atoms with Crippen LogP contribution in [0.25, 0.3) is 0 Å². The second-order valence-electron chi connectivity index (χ2n) is 7.93. The van der Waals surface area contributed by atoms with E-state index in [1.807, 2.05) is 23.1 Å². The zero-order valence-electron chi connectivity index (χ0n) is 18.3. The van der Waals surface area contributed by atoms with Crippen molar-refractivity contribution in [3.05, 3.63) is 88.7 Å². The van der Waals surface area contributed by atoms with Crippen molar-refractivity contribution in [3.8, 4) is 0 Å². The summed E-state index contributed by atoms with van der Waals surface area (Å²) in [7, 11) is 0. The highest BCUT2D eigenvalue weighted by atomic mass is 35.5. The van der Waals surface area contributed by atoms with Gasteiger partial charge in [0, 0.05) is 36.4 Å². The van der Waals surface area contributed by atoms with Gasteiger partial charge in [-0.2, -0.15) is 0 Å². The molecule has 0 saturated carbocycles. The van der Waals surface area contributed by atoms with E-state index >= 15 is 0 Å². The average molecular weight is 482 g/mol. The van der Waals surface area contributed by atoms with Crippen LogP contribution in [0.4, 0.5) is 21.5 Å². The van der Waals surface area contributed by atoms with Gasteiger partial charge in [0.15, 0.2) is 0 Å². The Kier molecular flexibility index (Phi) is 7.30. The molecule has 7 nitrogen and oxygen atoms in total. The molecular weight excluding hydrogens is 457 g/mol. The third-order valence-electron chi connectivity index (χ3n) is 5.67. The number of hydrogen-bond donors (Lipinski definition) is 4. The predicted molar refractivity (Wildman–Crippen MR) is 133 cm³/mol. The highest BCUT2D eigenvalue weighted by Crippen LogP contribution is 2.33. The summed E-state index contributed by atoms with van der Waals surface area (Å²) in [5.74, 6) is -0.406. The molecule has 0 aliphatic carbocycles. The first-order valence-corrected chi connectivity index (χ1v) is 11.3. The normalized spacial score (nSPS) is 15.4. The van der Waals surface area contributed by atoms with Crippen LogP contribution in [-0.4, -0.2) is 23.5 Å². The summed E-state index contributed by atoms with van der Waals surface area (Å²) >= 11 is 6.48. The van der Waals surface area contributed by atoms with Gasteiger partial charge in [0.25, 0.3) is 5.91 Å². The molecule has 34 heavy (non-hydrogen) atoms. The van der Waals surface area contributed by atoms with Crippen LogP contribution in [0, 0.1) is 5.82 Å². The number of halogens is 2. The van der Waals surface area contributed by atoms with E-state index in [2.05, 4.69) is 15.8 Å². The number of carbonyl (C=O) groups is 1. The molecule has 1 aliphatic heterocycles. The Bertz CT molecular complexity index is 1220. The van der Waals surface area contributed by atoms with Gasteiger partial charge >= 0.3 is 0 Å². The summed E-state index contributed by atoms with van der Waals surface area (Å²) < 4.78 is 14.6. The molecule has 0 aromatic heterocycles. The second kappa shape index (κ2) is 10.5. The van der Waals surface area contributed by atoms with Gasteiger partial charge in [-0.1, -0.05) is 47.1 Å². The van der Waals surface area contributed by atoms with E-state index in [0.717, 1.165) is 12.0 Å². The minimum atomic E-state index is -1.00. The van der Waals surface area contributed by atoms with Crippen molar-refractivity contribution >= 4 is 40.4 Å². The number of nitrogens with zero attached hydrogens (tertiary/aromatic N) is 2. The Morgan fingerprint density at radius 3 is 2.71 bits per heavy atom. The number of rotatable bonds is 7. The Labute approximate surface area is 202 Å². The molecule has 1 heterocycles. The molecule has 1 fully saturated rings. The first-order chi connectivity index (χ1) is 16.5. The predicted octanol–water partition coefficient (Wildman–Crippen LogP) is 5.12. The third-order valence-corrected chi connectivity index (χ3v) is 5.97. The second-order valence-corrected chi connectivity index (χ2v) is 8.34. The number of carbonyl (C=O) groups excluding carboxylic acids is 1. The lowest BCUT2D eigenvalue weighted by Gasteiger charge is -2.22. The van der Waals surface area contributed by atoms with E-state index < -0.39 is 17.8 Å². The van der Waals surface area contributed by atoms with Gasteiger partial charge in [-0.25, -0.2) is 4.39 Å². The number of nitrogens with one attached hydrogen (secondary N) is 2. The topological polar surface area (TPSA) is 103 Å². The van der Waals surface area contributed by atoms with E-state index in [9.17, 15) is 14.4 Å². The smallest absolute Gasteiger partial charge is 0.251 e. The Morgan fingerprint density at radius 2 is 1.97 bits per heavy atom. The molecule has 0 spiro atoms. The molecule has 5 N–H and O–H groups in total. The van der Waals surface area contributed by atoms with Crippen molar-refractivity contribution in [1.82, 2.24) is 0 Å². The first kappa shape index (κ1) is 23.5. The Morgan fingerprint density at radius 1 is 1.15 bits per heavy atom. The van der Waals surface area contributed by atoms with Gasteiger partial charge in [0.1, 0.15) is 17.7 Å². The summed E-state index contributed by atoms with van der Waals surface area (Å²) in [6.07, 6.45) is 1.52. The van der Waals surface area contributed by atoms with Gasteiger partial charge in [0.2, 0.25) is 0 Å². The molecule has 176 valence electrons. The minimum absolute atomic E-state index is 0.210. The highest BCUT2D eigenvalue weighted by Gasteiger charge is 2.25. The summed E-state index contributed by atoms with van der Waals surface area (Å²) in [6.45, 7) is 1.03. The van der Waals surface area contributed by atoms with Crippen LogP contribution in [-0.2, 0) is 11.3 Å². The van der Waals surface area contributed by atoms with Crippen LogP contribution in [0.15, 0.2) is 71.9 Å². The van der Waals surface area contributed by atoms with Crippen molar-refractivity contribution in [2.45, 2.75) is 25.4 Å². The van der Waals surface area contributed by atoms with E-state index in [4.69, 9.17) is 17.3 Å². The lowest BCUT2D eigenvalue weighted by atomic mass is 10.0. The quantitative estimate of drug-likeness (QED) is 0.277. The van der Waals surface area contributed by atoms with Crippen molar-refractivity contribution < 1.29 is 14.4 Å². The van der Waals surface area contributed by atoms with Gasteiger partial charge < -0.3 is 26.5 Å². The largest absolute Gasteiger partial charge is 0.409 e. The number of hydrogen-bond acceptors (Lipinski definition) is 5. The molecular formula is C25H25ClFN5O2. The van der Waals surface area contributed by atoms with Crippen molar-refractivity contribution in [2.75, 3.05) is 22.1 Å². The van der Waals surface area contributed by atoms with Gasteiger partial charge in [-0.3, -0.25) is 4.79 Å². The van der Waals surface area contributed by atoms with Crippen molar-refractivity contribution in [2.24, 2.45) is 10.9 Å². The van der Waals surface area contributed by atoms with Crippen LogP contribution in [0.3, 0.4) is 0 Å². The molecule has 1 amide bonds. The zero-order chi connectivity index (χ0) is 24.1. The third kappa shape index (κ3) is 5.13. The molecule has 1 saturated heterocycles. The fourth-order valence-electron chi connectivity index (χ4n) is 3.99. The summed E-state index contributed by atoms with van der Waals surface area (Å²) in [5, 5.41) is 18.9. The van der Waals surface area contributed by atoms with E-state index in [1.165, 1.54) is 6.07 Å². The molecule has 1 aliphatic rings. The van der Waals surface area contributed by atoms with Crippen LogP contribution >= 0.6 is 11.6 Å². The number of amidine groups is 1. The van der Waals surface area contributed by atoms with Crippen LogP contribution in [0.5, 0.6) is 0 Å². The van der Waals surface area contributed by atoms with Crippen LogP contribution in [0.1, 0.15) is 30.0 Å². The number of oxime groups is 1. The summed E-state index contributed by atoms with van der Waals surface area (Å²) in [6, 6.07) is 17.5. The minimum Gasteiger partial charge on any atom is -0.409 e. The van der Waals surface area contributed by atoms with Crippen molar-refractivity contribution in [3.63, 3.8) is 0 Å². The van der Waals surface area contributed by atoms with E-state index in [-0.39, 0.29) is 5.56 Å². The molecule has 4 rings (SSSR count). The van der Waals surface area contributed by atoms with Crippen LogP contribution in [0.2, 0.25) is 5.02 Å². The lowest BCUT2D eigenvalue weighted by molar-refractivity contribution is -0.117. The average Bonchev–Trinajstić information content (AvgIpc) is 3.32. The van der Waals surface area contributed by atoms with Gasteiger partial charge in [-0.05, 0) is 48.4 Å². The molecule has 1 unspecified atom stereocenters. The van der Waals surface area contributed by atoms with Gasteiger partial charge in [0.05, 0.1) is 10.7 Å². The maximum absolute atomic E-state index is 14.6. The highest BCUT2D eigenvalue weighted by molar-refractivity contribution is 6.34. The Hall–Kier alpha value is -3.62. The number of amides is 1. The fraction of sp³-hybridized carbons (Fsp3) is 0.200. The fourth-order valence-corrected chi connectivity index (χ4v) is 4.27.